The Balaban J connectivity index is 1.60. The summed E-state index contributed by atoms with van der Waals surface area (Å²) < 4.78 is 38.4. The summed E-state index contributed by atoms with van der Waals surface area (Å²) in [5, 5.41) is 2.66. The van der Waals surface area contributed by atoms with Gasteiger partial charge in [-0.15, -0.1) is 0 Å². The van der Waals surface area contributed by atoms with Gasteiger partial charge in [0.25, 0.3) is 5.91 Å². The van der Waals surface area contributed by atoms with Gasteiger partial charge in [-0.2, -0.15) is 0 Å². The Labute approximate surface area is 199 Å². The van der Waals surface area contributed by atoms with Crippen molar-refractivity contribution < 1.29 is 27.5 Å². The van der Waals surface area contributed by atoms with Gasteiger partial charge in [0.1, 0.15) is 5.75 Å². The van der Waals surface area contributed by atoms with Crippen molar-refractivity contribution in [2.24, 2.45) is 0 Å². The topological polar surface area (TPSA) is 111 Å². The van der Waals surface area contributed by atoms with E-state index in [1.165, 1.54) is 31.2 Å². The number of hydrogen-bond donors (Lipinski definition) is 2. The lowest BCUT2D eigenvalue weighted by Crippen LogP contribution is -2.30. The number of esters is 1. The number of amides is 1. The maximum atomic E-state index is 12.6. The zero-order valence-electron chi connectivity index (χ0n) is 18.9. The highest BCUT2D eigenvalue weighted by molar-refractivity contribution is 7.89. The van der Waals surface area contributed by atoms with Gasteiger partial charge in [0.2, 0.25) is 10.0 Å². The molecule has 0 spiro atoms. The Bertz CT molecular complexity index is 1230. The molecule has 0 fully saturated rings. The van der Waals surface area contributed by atoms with E-state index in [1.54, 1.807) is 36.4 Å². The maximum Gasteiger partial charge on any atom is 0.338 e. The Hall–Kier alpha value is -3.69. The highest BCUT2D eigenvalue weighted by atomic mass is 32.2. The van der Waals surface area contributed by atoms with E-state index in [4.69, 9.17) is 9.47 Å². The zero-order valence-corrected chi connectivity index (χ0v) is 19.7. The van der Waals surface area contributed by atoms with Crippen molar-refractivity contribution in [2.75, 3.05) is 11.9 Å². The van der Waals surface area contributed by atoms with Crippen molar-refractivity contribution in [1.29, 1.82) is 0 Å². The Morgan fingerprint density at radius 3 is 2.32 bits per heavy atom. The third kappa shape index (κ3) is 6.90. The van der Waals surface area contributed by atoms with E-state index in [0.717, 1.165) is 5.56 Å². The molecule has 8 nitrogen and oxygen atoms in total. The summed E-state index contributed by atoms with van der Waals surface area (Å²) in [5.41, 5.74) is 1.34. The predicted octanol–water partition coefficient (Wildman–Crippen LogP) is 3.75. The molecule has 2 N–H and O–H groups in total. The fraction of sp³-hybridized carbons (Fsp3) is 0.200. The van der Waals surface area contributed by atoms with Crippen LogP contribution in [0.25, 0.3) is 0 Å². The van der Waals surface area contributed by atoms with Crippen LogP contribution in [-0.2, 0) is 26.1 Å². The normalized spacial score (nSPS) is 11.9. The summed E-state index contributed by atoms with van der Waals surface area (Å²) in [6, 6.07) is 21.3. The minimum Gasteiger partial charge on any atom is -0.494 e. The molecule has 0 saturated carbocycles. The molecule has 1 amide bonds. The number of anilines is 1. The maximum absolute atomic E-state index is 12.6. The summed E-state index contributed by atoms with van der Waals surface area (Å²) in [4.78, 5) is 24.9. The first-order valence-electron chi connectivity index (χ1n) is 10.7. The first kappa shape index (κ1) is 24.9. The SMILES string of the molecule is CCOc1ccc(NC(=O)C(C)OC(=O)c2cccc(S(=O)(=O)NCc3ccccc3)c2)cc1. The molecule has 0 aliphatic heterocycles. The minimum atomic E-state index is -3.86. The highest BCUT2D eigenvalue weighted by Crippen LogP contribution is 2.17. The van der Waals surface area contributed by atoms with Crippen LogP contribution in [0.4, 0.5) is 5.69 Å². The molecule has 34 heavy (non-hydrogen) atoms. The van der Waals surface area contributed by atoms with Crippen LogP contribution in [0, 0.1) is 0 Å². The summed E-state index contributed by atoms with van der Waals surface area (Å²) in [7, 11) is -3.86. The van der Waals surface area contributed by atoms with Crippen LogP contribution in [0.1, 0.15) is 29.8 Å². The van der Waals surface area contributed by atoms with Gasteiger partial charge in [0, 0.05) is 12.2 Å². The molecule has 0 aliphatic carbocycles. The van der Waals surface area contributed by atoms with Crippen LogP contribution in [0.3, 0.4) is 0 Å². The molecular weight excluding hydrogens is 456 g/mol. The molecule has 0 aliphatic rings. The summed E-state index contributed by atoms with van der Waals surface area (Å²) in [6.45, 7) is 3.95. The smallest absolute Gasteiger partial charge is 0.338 e. The number of ether oxygens (including phenoxy) is 2. The molecule has 0 bridgehead atoms. The van der Waals surface area contributed by atoms with Gasteiger partial charge < -0.3 is 14.8 Å². The molecule has 1 atom stereocenters. The summed E-state index contributed by atoms with van der Waals surface area (Å²) in [5.74, 6) is -0.659. The average molecular weight is 483 g/mol. The van der Waals surface area contributed by atoms with Crippen molar-refractivity contribution in [1.82, 2.24) is 4.72 Å². The molecule has 1 unspecified atom stereocenters. The van der Waals surface area contributed by atoms with Crippen LogP contribution >= 0.6 is 0 Å². The van der Waals surface area contributed by atoms with Crippen LogP contribution in [0.15, 0.2) is 83.8 Å². The average Bonchev–Trinajstić information content (AvgIpc) is 2.85. The van der Waals surface area contributed by atoms with Crippen molar-refractivity contribution in [3.63, 3.8) is 0 Å². The van der Waals surface area contributed by atoms with E-state index in [9.17, 15) is 18.0 Å². The van der Waals surface area contributed by atoms with Gasteiger partial charge in [-0.1, -0.05) is 36.4 Å². The minimum absolute atomic E-state index is 0.0169. The second-order valence-corrected chi connectivity index (χ2v) is 9.10. The number of benzene rings is 3. The number of carbonyl (C=O) groups is 2. The van der Waals surface area contributed by atoms with E-state index in [0.29, 0.717) is 18.0 Å². The summed E-state index contributed by atoms with van der Waals surface area (Å²) in [6.07, 6.45) is -1.10. The van der Waals surface area contributed by atoms with E-state index in [-0.39, 0.29) is 17.0 Å². The van der Waals surface area contributed by atoms with Crippen molar-refractivity contribution >= 4 is 27.6 Å². The standard InChI is InChI=1S/C25H26N2O6S/c1-3-32-22-14-12-21(13-15-22)27-24(28)18(2)33-25(29)20-10-7-11-23(16-20)34(30,31)26-17-19-8-5-4-6-9-19/h4-16,18,26H,3,17H2,1-2H3,(H,27,28). The Morgan fingerprint density at radius 2 is 1.65 bits per heavy atom. The molecule has 3 aromatic carbocycles. The second-order valence-electron chi connectivity index (χ2n) is 7.33. The van der Waals surface area contributed by atoms with Gasteiger partial charge in [0.15, 0.2) is 6.10 Å². The molecular formula is C25H26N2O6S. The van der Waals surface area contributed by atoms with Gasteiger partial charge >= 0.3 is 5.97 Å². The fourth-order valence-corrected chi connectivity index (χ4v) is 4.04. The van der Waals surface area contributed by atoms with Crippen molar-refractivity contribution in [3.8, 4) is 5.75 Å². The van der Waals surface area contributed by atoms with E-state index in [2.05, 4.69) is 10.0 Å². The van der Waals surface area contributed by atoms with Crippen LogP contribution in [0.2, 0.25) is 0 Å². The molecule has 3 rings (SSSR count). The Kier molecular flexibility index (Phi) is 8.39. The highest BCUT2D eigenvalue weighted by Gasteiger charge is 2.21. The van der Waals surface area contributed by atoms with Crippen molar-refractivity contribution in [3.05, 3.63) is 90.0 Å². The van der Waals surface area contributed by atoms with Gasteiger partial charge in [-0.25, -0.2) is 17.9 Å². The number of nitrogens with one attached hydrogen (secondary N) is 2. The zero-order chi connectivity index (χ0) is 24.6. The van der Waals surface area contributed by atoms with Gasteiger partial charge in [-0.3, -0.25) is 4.79 Å². The molecule has 178 valence electrons. The molecule has 3 aromatic rings. The number of rotatable bonds is 10. The first-order valence-corrected chi connectivity index (χ1v) is 12.1. The summed E-state index contributed by atoms with van der Waals surface area (Å²) >= 11 is 0. The lowest BCUT2D eigenvalue weighted by Gasteiger charge is -2.14. The fourth-order valence-electron chi connectivity index (χ4n) is 2.97. The third-order valence-corrected chi connectivity index (χ3v) is 6.17. The van der Waals surface area contributed by atoms with E-state index >= 15 is 0 Å². The quantitative estimate of drug-likeness (QED) is 0.426. The van der Waals surface area contributed by atoms with E-state index in [1.807, 2.05) is 25.1 Å². The molecule has 9 heteroatoms. The molecule has 0 radical (unpaired) electrons. The van der Waals surface area contributed by atoms with E-state index < -0.39 is 28.0 Å². The monoisotopic (exact) mass is 482 g/mol. The second kappa shape index (κ2) is 11.4. The van der Waals surface area contributed by atoms with Crippen molar-refractivity contribution in [2.45, 2.75) is 31.4 Å². The first-order chi connectivity index (χ1) is 16.3. The van der Waals surface area contributed by atoms with Crippen LogP contribution in [-0.4, -0.2) is 33.0 Å². The third-order valence-electron chi connectivity index (χ3n) is 4.78. The molecule has 0 saturated heterocycles. The lowest BCUT2D eigenvalue weighted by atomic mass is 10.2. The van der Waals surface area contributed by atoms with Crippen LogP contribution < -0.4 is 14.8 Å². The van der Waals surface area contributed by atoms with Crippen LogP contribution in [0.5, 0.6) is 5.75 Å². The van der Waals surface area contributed by atoms with Gasteiger partial charge in [-0.05, 0) is 61.9 Å². The molecule has 0 aromatic heterocycles. The number of sulfonamides is 1. The largest absolute Gasteiger partial charge is 0.494 e. The Morgan fingerprint density at radius 1 is 0.941 bits per heavy atom. The number of carbonyl (C=O) groups excluding carboxylic acids is 2. The van der Waals surface area contributed by atoms with Gasteiger partial charge in [0.05, 0.1) is 17.1 Å². The lowest BCUT2D eigenvalue weighted by molar-refractivity contribution is -0.123. The number of hydrogen-bond acceptors (Lipinski definition) is 6. The predicted molar refractivity (Wildman–Crippen MR) is 128 cm³/mol. The molecule has 0 heterocycles.